The number of carbonyl (C=O) groups is 1. The van der Waals surface area contributed by atoms with E-state index in [0.717, 1.165) is 0 Å². The minimum Gasteiger partial charge on any atom is -0.623 e. The van der Waals surface area contributed by atoms with Gasteiger partial charge < -0.3 is 10.5 Å². The first-order chi connectivity index (χ1) is 10.1. The van der Waals surface area contributed by atoms with Gasteiger partial charge in [-0.25, -0.2) is 4.39 Å². The highest BCUT2D eigenvalue weighted by atomic mass is 35.5. The highest BCUT2D eigenvalue weighted by Gasteiger charge is 2.29. The largest absolute Gasteiger partial charge is 0.623 e. The van der Waals surface area contributed by atoms with E-state index < -0.39 is 18.3 Å². The van der Waals surface area contributed by atoms with Crippen molar-refractivity contribution in [1.29, 1.82) is 0 Å². The van der Waals surface area contributed by atoms with E-state index in [2.05, 4.69) is 5.32 Å². The summed E-state index contributed by atoms with van der Waals surface area (Å²) in [6.07, 6.45) is 0. The number of hydroxylamine groups is 1. The molecule has 0 radical (unpaired) electrons. The summed E-state index contributed by atoms with van der Waals surface area (Å²) in [6.45, 7) is -0.422. The smallest absolute Gasteiger partial charge is 0.291 e. The number of benzodiazepines with no additional fused rings is 1. The lowest BCUT2D eigenvalue weighted by atomic mass is 10.00. The molecule has 0 fully saturated rings. The molecule has 21 heavy (non-hydrogen) atoms. The Hall–Kier alpha value is -2.40. The van der Waals surface area contributed by atoms with Gasteiger partial charge in [-0.15, -0.1) is 0 Å². The van der Waals surface area contributed by atoms with Gasteiger partial charge in [0.05, 0.1) is 21.8 Å². The minimum atomic E-state index is -0.534. The van der Waals surface area contributed by atoms with Gasteiger partial charge in [-0.05, 0) is 24.3 Å². The van der Waals surface area contributed by atoms with E-state index in [1.807, 2.05) is 0 Å². The van der Waals surface area contributed by atoms with Crippen LogP contribution in [-0.4, -0.2) is 22.9 Å². The van der Waals surface area contributed by atoms with Gasteiger partial charge in [0, 0.05) is 0 Å². The second-order valence-corrected chi connectivity index (χ2v) is 4.98. The molecule has 0 saturated heterocycles. The van der Waals surface area contributed by atoms with Gasteiger partial charge in [0.1, 0.15) is 5.82 Å². The van der Waals surface area contributed by atoms with Crippen molar-refractivity contribution in [3.05, 3.63) is 69.6 Å². The number of fused-ring (bicyclic) bond motifs is 1. The maximum atomic E-state index is 14.0. The summed E-state index contributed by atoms with van der Waals surface area (Å²) in [5.41, 5.74) is 0.936. The summed E-state index contributed by atoms with van der Waals surface area (Å²) in [5.74, 6) is -1.03. The van der Waals surface area contributed by atoms with Gasteiger partial charge in [-0.2, -0.15) is 4.74 Å². The standard InChI is InChI=1S/C15H10ClFN2O2/c16-11-6-3-5-10-14(11)18-13(20)8-19(21)15(10)9-4-1-2-7-12(9)17/h1-7H,8H2,(H,18,20). The number of amides is 1. The molecule has 1 N–H and O–H groups in total. The summed E-state index contributed by atoms with van der Waals surface area (Å²) < 4.78 is 14.5. The van der Waals surface area contributed by atoms with E-state index in [9.17, 15) is 14.4 Å². The third kappa shape index (κ3) is 2.36. The number of hydrogen-bond donors (Lipinski definition) is 1. The van der Waals surface area contributed by atoms with Crippen LogP contribution in [-0.2, 0) is 4.79 Å². The number of para-hydroxylation sites is 1. The third-order valence-electron chi connectivity index (χ3n) is 3.20. The monoisotopic (exact) mass is 304 g/mol. The molecule has 0 atom stereocenters. The quantitative estimate of drug-likeness (QED) is 0.650. The first-order valence-corrected chi connectivity index (χ1v) is 6.61. The van der Waals surface area contributed by atoms with E-state index >= 15 is 0 Å². The first kappa shape index (κ1) is 13.6. The molecular weight excluding hydrogens is 295 g/mol. The van der Waals surface area contributed by atoms with E-state index in [1.165, 1.54) is 18.2 Å². The highest BCUT2D eigenvalue weighted by molar-refractivity contribution is 6.35. The maximum Gasteiger partial charge on any atom is 0.291 e. The van der Waals surface area contributed by atoms with Gasteiger partial charge in [-0.3, -0.25) is 4.79 Å². The van der Waals surface area contributed by atoms with Gasteiger partial charge in [0.2, 0.25) is 12.3 Å². The molecule has 0 bridgehead atoms. The lowest BCUT2D eigenvalue weighted by molar-refractivity contribution is -0.443. The number of carbonyl (C=O) groups excluding carboxylic acids is 1. The fraction of sp³-hybridized carbons (Fsp3) is 0.0667. The molecule has 1 heterocycles. The van der Waals surface area contributed by atoms with Crippen LogP contribution in [0, 0.1) is 11.0 Å². The van der Waals surface area contributed by atoms with Gasteiger partial charge in [-0.1, -0.05) is 29.8 Å². The zero-order valence-corrected chi connectivity index (χ0v) is 11.5. The molecule has 0 saturated carbocycles. The molecule has 2 aromatic rings. The molecule has 6 heteroatoms. The van der Waals surface area contributed by atoms with Crippen LogP contribution in [0.5, 0.6) is 0 Å². The van der Waals surface area contributed by atoms with E-state index in [4.69, 9.17) is 11.6 Å². The van der Waals surface area contributed by atoms with Crippen molar-refractivity contribution in [1.82, 2.24) is 0 Å². The average Bonchev–Trinajstić information content (AvgIpc) is 2.56. The fourth-order valence-electron chi connectivity index (χ4n) is 2.30. The van der Waals surface area contributed by atoms with Crippen LogP contribution in [0.1, 0.15) is 11.1 Å². The van der Waals surface area contributed by atoms with Crippen LogP contribution >= 0.6 is 11.6 Å². The number of nitrogens with zero attached hydrogens (tertiary/aromatic N) is 1. The van der Waals surface area contributed by atoms with Crippen molar-refractivity contribution < 1.29 is 13.9 Å². The number of anilines is 1. The van der Waals surface area contributed by atoms with E-state index in [0.29, 0.717) is 21.0 Å². The predicted octanol–water partition coefficient (Wildman–Crippen LogP) is 2.78. The van der Waals surface area contributed by atoms with Crippen LogP contribution in [0.3, 0.4) is 0 Å². The molecule has 4 nitrogen and oxygen atoms in total. The Labute approximate surface area is 125 Å². The van der Waals surface area contributed by atoms with E-state index in [1.54, 1.807) is 24.3 Å². The van der Waals surface area contributed by atoms with Crippen molar-refractivity contribution in [3.8, 4) is 0 Å². The summed E-state index contributed by atoms with van der Waals surface area (Å²) in [5, 5.41) is 15.1. The number of halogens is 2. The first-order valence-electron chi connectivity index (χ1n) is 6.23. The highest BCUT2D eigenvalue weighted by Crippen LogP contribution is 2.30. The predicted molar refractivity (Wildman–Crippen MR) is 78.2 cm³/mol. The molecule has 0 aliphatic carbocycles. The number of benzene rings is 2. The van der Waals surface area contributed by atoms with Crippen LogP contribution in [0.4, 0.5) is 10.1 Å². The summed E-state index contributed by atoms with van der Waals surface area (Å²) >= 11 is 6.08. The lowest BCUT2D eigenvalue weighted by Gasteiger charge is -2.11. The van der Waals surface area contributed by atoms with Crippen LogP contribution in [0.15, 0.2) is 42.5 Å². The maximum absolute atomic E-state index is 14.0. The lowest BCUT2D eigenvalue weighted by Crippen LogP contribution is -2.24. The SMILES string of the molecule is O=C1C[N+]([O-])=C(c2ccccc2F)c2cccc(Cl)c2N1. The van der Waals surface area contributed by atoms with Crippen molar-refractivity contribution >= 4 is 28.9 Å². The molecule has 1 aliphatic heterocycles. The van der Waals surface area contributed by atoms with Crippen molar-refractivity contribution in [2.24, 2.45) is 0 Å². The van der Waals surface area contributed by atoms with Crippen LogP contribution in [0.25, 0.3) is 0 Å². The molecule has 106 valence electrons. The number of nitrogens with one attached hydrogen (secondary N) is 1. The Kier molecular flexibility index (Phi) is 3.35. The van der Waals surface area contributed by atoms with Gasteiger partial charge in [0.25, 0.3) is 5.91 Å². The molecule has 3 rings (SSSR count). The van der Waals surface area contributed by atoms with Crippen molar-refractivity contribution in [2.75, 3.05) is 11.9 Å². The Morgan fingerprint density at radius 3 is 2.62 bits per heavy atom. The van der Waals surface area contributed by atoms with Crippen LogP contribution in [0.2, 0.25) is 5.02 Å². The van der Waals surface area contributed by atoms with Crippen molar-refractivity contribution in [2.45, 2.75) is 0 Å². The zero-order valence-electron chi connectivity index (χ0n) is 10.8. The van der Waals surface area contributed by atoms with Gasteiger partial charge in [0.15, 0.2) is 0 Å². The van der Waals surface area contributed by atoms with Gasteiger partial charge >= 0.3 is 0 Å². The molecule has 1 amide bonds. The number of rotatable bonds is 1. The Morgan fingerprint density at radius 1 is 1.14 bits per heavy atom. The summed E-state index contributed by atoms with van der Waals surface area (Å²) in [4.78, 5) is 11.8. The van der Waals surface area contributed by atoms with Crippen LogP contribution < -0.4 is 5.32 Å². The second kappa shape index (κ2) is 5.18. The molecular formula is C15H10ClFN2O2. The number of hydrogen-bond acceptors (Lipinski definition) is 2. The molecule has 0 spiro atoms. The zero-order chi connectivity index (χ0) is 15.0. The average molecular weight is 305 g/mol. The topological polar surface area (TPSA) is 55.2 Å². The van der Waals surface area contributed by atoms with Crippen molar-refractivity contribution in [3.63, 3.8) is 0 Å². The molecule has 2 aromatic carbocycles. The second-order valence-electron chi connectivity index (χ2n) is 4.58. The Balaban J connectivity index is 2.33. The third-order valence-corrected chi connectivity index (χ3v) is 3.51. The Bertz CT molecular complexity index is 774. The summed E-state index contributed by atoms with van der Waals surface area (Å²) in [7, 11) is 0. The fourth-order valence-corrected chi connectivity index (χ4v) is 2.53. The van der Waals surface area contributed by atoms with E-state index in [-0.39, 0.29) is 11.3 Å². The molecule has 0 unspecified atom stereocenters. The molecule has 0 aromatic heterocycles. The normalized spacial score (nSPS) is 14.5. The minimum absolute atomic E-state index is 0.0870. The summed E-state index contributed by atoms with van der Waals surface area (Å²) in [6, 6.07) is 10.8. The molecule has 1 aliphatic rings. The Morgan fingerprint density at radius 2 is 1.86 bits per heavy atom.